The van der Waals surface area contributed by atoms with E-state index in [-0.39, 0.29) is 46.9 Å². The molecule has 1 aromatic carbocycles. The van der Waals surface area contributed by atoms with E-state index in [1.54, 1.807) is 0 Å². The first-order chi connectivity index (χ1) is 14.3. The molecule has 0 amide bonds. The number of ether oxygens (including phenoxy) is 1. The van der Waals surface area contributed by atoms with E-state index >= 15 is 0 Å². The Labute approximate surface area is 233 Å². The molecule has 0 spiro atoms. The molecule has 3 fully saturated rings. The van der Waals surface area contributed by atoms with Crippen LogP contribution in [0.1, 0.15) is 77.3 Å². The van der Waals surface area contributed by atoms with Crippen LogP contribution in [0.2, 0.25) is 0 Å². The largest absolute Gasteiger partial charge is 3.00 e. The van der Waals surface area contributed by atoms with Gasteiger partial charge in [-0.25, -0.2) is 0 Å². The zero-order valence-electron chi connectivity index (χ0n) is 20.0. The molecule has 3 heteroatoms. The maximum absolute atomic E-state index is 8.01. The summed E-state index contributed by atoms with van der Waals surface area (Å²) >= 11 is 0. The minimum Gasteiger partial charge on any atom is -0.698 e. The SMILES string of the molecule is C1CCOC1.CC(C)c1cccc(C(C)C)c1[NH-].C[C]1[CH][CH][CH][CH]1.C[C]1[CH][CH][CH][CH]1.[Yb+3]. The van der Waals surface area contributed by atoms with Crippen LogP contribution >= 0.6 is 0 Å². The second kappa shape index (κ2) is 18.9. The summed E-state index contributed by atoms with van der Waals surface area (Å²) in [5.74, 6) is 3.59. The van der Waals surface area contributed by atoms with Gasteiger partial charge in [-0.3, -0.25) is 0 Å². The van der Waals surface area contributed by atoms with Crippen LogP contribution in [-0.4, -0.2) is 13.2 Å². The van der Waals surface area contributed by atoms with Crippen LogP contribution in [0.15, 0.2) is 18.2 Å². The van der Waals surface area contributed by atoms with Crippen molar-refractivity contribution >= 4 is 5.69 Å². The van der Waals surface area contributed by atoms with Gasteiger partial charge in [-0.05, 0) is 87.9 Å². The smallest absolute Gasteiger partial charge is 0.698 e. The first-order valence-corrected chi connectivity index (χ1v) is 11.1. The topological polar surface area (TPSA) is 33.0 Å². The average Bonchev–Trinajstić information content (AvgIpc) is 3.48. The Morgan fingerprint density at radius 2 is 1.06 bits per heavy atom. The minimum atomic E-state index is 0. The van der Waals surface area contributed by atoms with Gasteiger partial charge < -0.3 is 10.5 Å². The molecule has 1 aliphatic heterocycles. The number of benzene rings is 1. The number of rotatable bonds is 2. The van der Waals surface area contributed by atoms with Crippen LogP contribution in [0.25, 0.3) is 5.73 Å². The number of hydrogen-bond acceptors (Lipinski definition) is 1. The second-order valence-corrected chi connectivity index (χ2v) is 8.36. The van der Waals surface area contributed by atoms with Crippen molar-refractivity contribution in [2.45, 2.75) is 66.2 Å². The summed E-state index contributed by atoms with van der Waals surface area (Å²) in [5.41, 5.74) is 11.1. The predicted molar refractivity (Wildman–Crippen MR) is 131 cm³/mol. The van der Waals surface area contributed by atoms with Crippen LogP contribution < -0.4 is 0 Å². The molecule has 2 aliphatic carbocycles. The molecular weight excluding hydrogens is 539 g/mol. The van der Waals surface area contributed by atoms with E-state index in [4.69, 9.17) is 10.5 Å². The fourth-order valence-electron chi connectivity index (χ4n) is 3.00. The van der Waals surface area contributed by atoms with Crippen molar-refractivity contribution < 1.29 is 51.7 Å². The van der Waals surface area contributed by atoms with Crippen molar-refractivity contribution in [1.29, 1.82) is 0 Å². The van der Waals surface area contributed by atoms with Crippen LogP contribution in [0.3, 0.4) is 0 Å². The van der Waals surface area contributed by atoms with Gasteiger partial charge in [0.1, 0.15) is 0 Å². The molecule has 1 aromatic rings. The zero-order chi connectivity index (χ0) is 22.4. The minimum absolute atomic E-state index is 0. The molecule has 11 radical (unpaired) electrons. The van der Waals surface area contributed by atoms with Gasteiger partial charge in [-0.1, -0.05) is 70.9 Å². The van der Waals surface area contributed by atoms with Crippen molar-refractivity contribution in [3.63, 3.8) is 0 Å². The first kappa shape index (κ1) is 31.5. The maximum Gasteiger partial charge on any atom is 3.00 e. The molecule has 0 atom stereocenters. The Morgan fingerprint density at radius 1 is 0.710 bits per heavy atom. The Hall–Kier alpha value is 0.499. The predicted octanol–water partition coefficient (Wildman–Crippen LogP) is 8.24. The molecule has 175 valence electrons. The third-order valence-corrected chi connectivity index (χ3v) is 4.86. The molecule has 2 saturated carbocycles. The summed E-state index contributed by atoms with van der Waals surface area (Å²) in [7, 11) is 0. The molecule has 0 bridgehead atoms. The number of hydrogen-bond donors (Lipinski definition) is 0. The van der Waals surface area contributed by atoms with Crippen LogP contribution in [0.4, 0.5) is 5.69 Å². The second-order valence-electron chi connectivity index (χ2n) is 8.36. The molecule has 1 saturated heterocycles. The molecule has 4 rings (SSSR count). The van der Waals surface area contributed by atoms with Crippen LogP contribution in [0, 0.1) is 110 Å². The van der Waals surface area contributed by atoms with Crippen molar-refractivity contribution in [2.75, 3.05) is 13.2 Å². The van der Waals surface area contributed by atoms with Crippen molar-refractivity contribution in [1.82, 2.24) is 0 Å². The van der Waals surface area contributed by atoms with E-state index in [0.29, 0.717) is 11.8 Å². The Balaban J connectivity index is 0.000000418. The molecule has 1 heterocycles. The zero-order valence-corrected chi connectivity index (χ0v) is 21.7. The third-order valence-electron chi connectivity index (χ3n) is 4.86. The average molecular weight is 580 g/mol. The molecular formula is C28H40NOYb+2. The molecule has 31 heavy (non-hydrogen) atoms. The van der Waals surface area contributed by atoms with E-state index in [1.807, 2.05) is 25.7 Å². The molecule has 2 nitrogen and oxygen atoms in total. The molecule has 0 unspecified atom stereocenters. The van der Waals surface area contributed by atoms with Gasteiger partial charge >= 0.3 is 46.9 Å². The van der Waals surface area contributed by atoms with E-state index < -0.39 is 0 Å². The van der Waals surface area contributed by atoms with Gasteiger partial charge in [0.15, 0.2) is 0 Å². The third kappa shape index (κ3) is 14.4. The van der Waals surface area contributed by atoms with Crippen molar-refractivity contribution in [3.05, 3.63) is 98.3 Å². The van der Waals surface area contributed by atoms with Gasteiger partial charge in [0.2, 0.25) is 0 Å². The summed E-state index contributed by atoms with van der Waals surface area (Å²) in [6, 6.07) is 6.17. The Bertz CT molecular complexity index is 494. The normalized spacial score (nSPS) is 18.5. The van der Waals surface area contributed by atoms with Gasteiger partial charge in [0, 0.05) is 13.2 Å². The maximum atomic E-state index is 8.01. The van der Waals surface area contributed by atoms with Gasteiger partial charge in [-0.2, -0.15) is 0 Å². The summed E-state index contributed by atoms with van der Waals surface area (Å²) in [4.78, 5) is 0. The van der Waals surface area contributed by atoms with E-state index in [9.17, 15) is 0 Å². The molecule has 3 aliphatic rings. The fraction of sp³-hybridized carbons (Fsp3) is 0.429. The van der Waals surface area contributed by atoms with E-state index in [0.717, 1.165) is 30.0 Å². The standard InChI is InChI=1S/C12H18N.2C6H7.C4H8O.Yb/c1-8(2)10-6-5-7-11(9(3)4)12(10)13;2*1-6-4-2-3-5-6;1-2-4-5-3-1;/h5-9,13H,1-4H3;2*2-5H,1H3;1-4H2;/q-1;;;;+3. The Kier molecular flexibility index (Phi) is 19.2. The summed E-state index contributed by atoms with van der Waals surface area (Å²) < 4.78 is 4.94. The van der Waals surface area contributed by atoms with Crippen molar-refractivity contribution in [2.24, 2.45) is 0 Å². The summed E-state index contributed by atoms with van der Waals surface area (Å²) in [6.07, 6.45) is 19.0. The van der Waals surface area contributed by atoms with E-state index in [1.165, 1.54) is 24.7 Å². The fourth-order valence-corrected chi connectivity index (χ4v) is 3.00. The summed E-state index contributed by atoms with van der Waals surface area (Å²) in [5, 5.41) is 0. The van der Waals surface area contributed by atoms with Crippen LogP contribution in [0.5, 0.6) is 0 Å². The van der Waals surface area contributed by atoms with Crippen LogP contribution in [-0.2, 0) is 4.74 Å². The summed E-state index contributed by atoms with van der Waals surface area (Å²) in [6.45, 7) is 14.7. The number of nitrogens with one attached hydrogen (secondary N) is 1. The van der Waals surface area contributed by atoms with Gasteiger partial charge in [0.25, 0.3) is 0 Å². The molecule has 1 N–H and O–H groups in total. The van der Waals surface area contributed by atoms with Gasteiger partial charge in [0.05, 0.1) is 0 Å². The van der Waals surface area contributed by atoms with Gasteiger partial charge in [-0.15, -0.1) is 5.69 Å². The quantitative estimate of drug-likeness (QED) is 0.347. The molecule has 0 aromatic heterocycles. The monoisotopic (exact) mass is 580 g/mol. The van der Waals surface area contributed by atoms with Crippen molar-refractivity contribution in [3.8, 4) is 0 Å². The Morgan fingerprint density at radius 3 is 1.26 bits per heavy atom. The first-order valence-electron chi connectivity index (χ1n) is 11.1. The van der Waals surface area contributed by atoms with E-state index in [2.05, 4.69) is 85.4 Å².